The van der Waals surface area contributed by atoms with Crippen LogP contribution in [0.3, 0.4) is 0 Å². The first-order chi connectivity index (χ1) is 12.0. The lowest BCUT2D eigenvalue weighted by molar-refractivity contribution is -0.146. The summed E-state index contributed by atoms with van der Waals surface area (Å²) in [5.41, 5.74) is 1.33. The Balaban J connectivity index is 1.54. The number of benzene rings is 1. The molecule has 0 radical (unpaired) electrons. The van der Waals surface area contributed by atoms with Gasteiger partial charge in [-0.05, 0) is 58.6 Å². The van der Waals surface area contributed by atoms with Gasteiger partial charge in [-0.3, -0.25) is 9.59 Å². The fourth-order valence-electron chi connectivity index (χ4n) is 2.31. The van der Waals surface area contributed by atoms with E-state index in [1.165, 1.54) is 0 Å². The van der Waals surface area contributed by atoms with E-state index in [4.69, 9.17) is 14.4 Å². The average Bonchev–Trinajstić information content (AvgIpc) is 3.35. The third-order valence-corrected chi connectivity index (χ3v) is 4.22. The molecule has 1 saturated carbocycles. The summed E-state index contributed by atoms with van der Waals surface area (Å²) in [5.74, 6) is -0.398. The first-order valence-electron chi connectivity index (χ1n) is 7.80. The second kappa shape index (κ2) is 7.53. The topological polar surface area (TPSA) is 92.3 Å². The predicted octanol–water partition coefficient (Wildman–Crippen LogP) is 3.68. The summed E-state index contributed by atoms with van der Waals surface area (Å²) in [7, 11) is 0. The van der Waals surface area contributed by atoms with Crippen LogP contribution in [0.1, 0.15) is 29.0 Å². The molecule has 128 valence electrons. The highest BCUT2D eigenvalue weighted by molar-refractivity contribution is 9.10. The van der Waals surface area contributed by atoms with Gasteiger partial charge >= 0.3 is 5.97 Å². The lowest BCUT2D eigenvalue weighted by Crippen LogP contribution is -2.19. The number of halogens is 1. The fraction of sp³-hybridized carbons (Fsp3) is 0.278. The van der Waals surface area contributed by atoms with Crippen LogP contribution in [-0.2, 0) is 16.0 Å². The largest absolute Gasteiger partial charge is 0.446 e. The molecule has 1 aliphatic rings. The molecule has 3 rings (SSSR count). The lowest BCUT2D eigenvalue weighted by atomic mass is 10.1. The number of nitriles is 1. The molecule has 0 bridgehead atoms. The smallest absolute Gasteiger partial charge is 0.311 e. The van der Waals surface area contributed by atoms with Crippen molar-refractivity contribution >= 4 is 33.5 Å². The zero-order valence-electron chi connectivity index (χ0n) is 13.2. The van der Waals surface area contributed by atoms with E-state index in [0.717, 1.165) is 18.4 Å². The molecule has 2 aromatic rings. The van der Waals surface area contributed by atoms with Gasteiger partial charge in [0.25, 0.3) is 5.91 Å². The second-order valence-corrected chi connectivity index (χ2v) is 6.59. The van der Waals surface area contributed by atoms with Crippen LogP contribution in [-0.4, -0.2) is 18.0 Å². The molecule has 1 N–H and O–H groups in total. The van der Waals surface area contributed by atoms with E-state index in [9.17, 15) is 9.59 Å². The molecule has 1 heterocycles. The van der Waals surface area contributed by atoms with Crippen molar-refractivity contribution in [2.75, 3.05) is 5.32 Å². The number of anilines is 1. The van der Waals surface area contributed by atoms with Gasteiger partial charge in [0.1, 0.15) is 6.07 Å². The number of ether oxygens (including phenoxy) is 1. The molecule has 0 aliphatic heterocycles. The minimum atomic E-state index is -0.640. The van der Waals surface area contributed by atoms with Gasteiger partial charge in [0, 0.05) is 11.6 Å². The average molecular weight is 403 g/mol. The number of carbonyl (C=O) groups excluding carboxylic acids is 2. The SMILES string of the molecule is N#C[C@@H](OC(=O)Cc1ccc(NC(=O)c2ccc(Br)o2)cc1)C1CC1. The normalized spacial score (nSPS) is 14.4. The zero-order chi connectivity index (χ0) is 17.8. The van der Waals surface area contributed by atoms with Gasteiger partial charge in [-0.25, -0.2) is 0 Å². The summed E-state index contributed by atoms with van der Waals surface area (Å²) in [6.45, 7) is 0. The molecule has 1 atom stereocenters. The van der Waals surface area contributed by atoms with Gasteiger partial charge in [-0.15, -0.1) is 0 Å². The number of esters is 1. The van der Waals surface area contributed by atoms with Crippen molar-refractivity contribution in [2.45, 2.75) is 25.4 Å². The van der Waals surface area contributed by atoms with Crippen LogP contribution in [0.25, 0.3) is 0 Å². The maximum atomic E-state index is 12.0. The van der Waals surface area contributed by atoms with Gasteiger partial charge in [0.15, 0.2) is 16.5 Å². The minimum Gasteiger partial charge on any atom is -0.446 e. The first kappa shape index (κ1) is 17.2. The zero-order valence-corrected chi connectivity index (χ0v) is 14.8. The summed E-state index contributed by atoms with van der Waals surface area (Å²) in [5, 5.41) is 11.7. The molecule has 25 heavy (non-hydrogen) atoms. The monoisotopic (exact) mass is 402 g/mol. The van der Waals surface area contributed by atoms with Crippen LogP contribution < -0.4 is 5.32 Å². The number of amides is 1. The van der Waals surface area contributed by atoms with Crippen molar-refractivity contribution < 1.29 is 18.7 Å². The molecule has 1 aromatic heterocycles. The van der Waals surface area contributed by atoms with Crippen molar-refractivity contribution in [2.24, 2.45) is 5.92 Å². The lowest BCUT2D eigenvalue weighted by Gasteiger charge is -2.10. The molecule has 1 amide bonds. The standard InChI is InChI=1S/C18H15BrN2O4/c19-16-8-7-14(24-16)18(23)21-13-5-1-11(2-6-13)9-17(22)25-15(10-20)12-3-4-12/h1-2,5-8,12,15H,3-4,9H2,(H,21,23)/t15-/m1/s1. The van der Waals surface area contributed by atoms with Gasteiger partial charge in [0.2, 0.25) is 0 Å². The summed E-state index contributed by atoms with van der Waals surface area (Å²) < 4.78 is 10.9. The van der Waals surface area contributed by atoms with Crippen molar-refractivity contribution in [3.05, 3.63) is 52.4 Å². The van der Waals surface area contributed by atoms with Crippen LogP contribution in [0.2, 0.25) is 0 Å². The number of carbonyl (C=O) groups is 2. The number of furan rings is 1. The van der Waals surface area contributed by atoms with Crippen molar-refractivity contribution in [1.29, 1.82) is 5.26 Å². The number of nitrogens with one attached hydrogen (secondary N) is 1. The summed E-state index contributed by atoms with van der Waals surface area (Å²) in [6, 6.07) is 12.1. The molecule has 0 spiro atoms. The summed E-state index contributed by atoms with van der Waals surface area (Å²) >= 11 is 3.14. The van der Waals surface area contributed by atoms with Gasteiger partial charge < -0.3 is 14.5 Å². The summed E-state index contributed by atoms with van der Waals surface area (Å²) in [4.78, 5) is 23.9. The van der Waals surface area contributed by atoms with E-state index in [1.807, 2.05) is 6.07 Å². The Morgan fingerprint density at radius 3 is 2.56 bits per heavy atom. The van der Waals surface area contributed by atoms with Crippen LogP contribution >= 0.6 is 15.9 Å². The predicted molar refractivity (Wildman–Crippen MR) is 92.7 cm³/mol. The maximum absolute atomic E-state index is 12.0. The number of nitrogens with zero attached hydrogens (tertiary/aromatic N) is 1. The van der Waals surface area contributed by atoms with Crippen molar-refractivity contribution in [3.8, 4) is 6.07 Å². The van der Waals surface area contributed by atoms with E-state index in [0.29, 0.717) is 10.4 Å². The van der Waals surface area contributed by atoms with E-state index in [1.54, 1.807) is 36.4 Å². The molecule has 1 fully saturated rings. The maximum Gasteiger partial charge on any atom is 0.311 e. The highest BCUT2D eigenvalue weighted by Crippen LogP contribution is 2.34. The minimum absolute atomic E-state index is 0.0876. The van der Waals surface area contributed by atoms with Crippen LogP contribution in [0.5, 0.6) is 0 Å². The Bertz CT molecular complexity index is 818. The van der Waals surface area contributed by atoms with Crippen LogP contribution in [0.15, 0.2) is 45.5 Å². The first-order valence-corrected chi connectivity index (χ1v) is 8.59. The third kappa shape index (κ3) is 4.70. The van der Waals surface area contributed by atoms with Gasteiger partial charge in [-0.2, -0.15) is 5.26 Å². The molecular weight excluding hydrogens is 388 g/mol. The Hall–Kier alpha value is -2.59. The number of hydrogen-bond acceptors (Lipinski definition) is 5. The Labute approximate surface area is 152 Å². The third-order valence-electron chi connectivity index (χ3n) is 3.79. The second-order valence-electron chi connectivity index (χ2n) is 5.81. The molecular formula is C18H15BrN2O4. The van der Waals surface area contributed by atoms with E-state index in [2.05, 4.69) is 21.2 Å². The quantitative estimate of drug-likeness (QED) is 0.743. The Morgan fingerprint density at radius 2 is 2.00 bits per heavy atom. The van der Waals surface area contributed by atoms with E-state index < -0.39 is 12.1 Å². The van der Waals surface area contributed by atoms with Crippen molar-refractivity contribution in [3.63, 3.8) is 0 Å². The fourth-order valence-corrected chi connectivity index (χ4v) is 2.62. The molecule has 1 aromatic carbocycles. The van der Waals surface area contributed by atoms with Crippen LogP contribution in [0, 0.1) is 17.2 Å². The van der Waals surface area contributed by atoms with Crippen LogP contribution in [0.4, 0.5) is 5.69 Å². The van der Waals surface area contributed by atoms with E-state index >= 15 is 0 Å². The van der Waals surface area contributed by atoms with E-state index in [-0.39, 0.29) is 24.0 Å². The van der Waals surface area contributed by atoms with Crippen molar-refractivity contribution in [1.82, 2.24) is 0 Å². The van der Waals surface area contributed by atoms with Gasteiger partial charge in [0.05, 0.1) is 6.42 Å². The molecule has 7 heteroatoms. The Morgan fingerprint density at radius 1 is 1.28 bits per heavy atom. The van der Waals surface area contributed by atoms with Gasteiger partial charge in [-0.1, -0.05) is 12.1 Å². The molecule has 0 unspecified atom stereocenters. The summed E-state index contributed by atoms with van der Waals surface area (Å²) in [6.07, 6.45) is 1.32. The highest BCUT2D eigenvalue weighted by Gasteiger charge is 2.34. The Kier molecular flexibility index (Phi) is 5.19. The highest BCUT2D eigenvalue weighted by atomic mass is 79.9. The molecule has 6 nitrogen and oxygen atoms in total. The number of hydrogen-bond donors (Lipinski definition) is 1. The molecule has 0 saturated heterocycles. The number of rotatable bonds is 6. The molecule has 1 aliphatic carbocycles.